The van der Waals surface area contributed by atoms with Crippen molar-refractivity contribution in [2.45, 2.75) is 32.7 Å². The summed E-state index contributed by atoms with van der Waals surface area (Å²) in [6.07, 6.45) is 1.80. The summed E-state index contributed by atoms with van der Waals surface area (Å²) < 4.78 is 20.3. The number of thiazole rings is 1. The largest absolute Gasteiger partial charge is 0.467 e. The van der Waals surface area contributed by atoms with E-state index < -0.39 is 0 Å². The number of benzene rings is 2. The zero-order valence-corrected chi connectivity index (χ0v) is 17.1. The Morgan fingerprint density at radius 3 is 2.59 bits per heavy atom. The first-order valence-electron chi connectivity index (χ1n) is 9.48. The third-order valence-electron chi connectivity index (χ3n) is 4.79. The number of anilines is 1. The van der Waals surface area contributed by atoms with Crippen LogP contribution in [0.2, 0.25) is 0 Å². The van der Waals surface area contributed by atoms with Gasteiger partial charge in [-0.25, -0.2) is 9.37 Å². The zero-order chi connectivity index (χ0) is 20.4. The van der Waals surface area contributed by atoms with Crippen LogP contribution in [0.25, 0.3) is 10.2 Å². The van der Waals surface area contributed by atoms with E-state index in [2.05, 4.69) is 31.0 Å². The van der Waals surface area contributed by atoms with E-state index in [1.807, 2.05) is 18.2 Å². The summed E-state index contributed by atoms with van der Waals surface area (Å²) in [4.78, 5) is 19.1. The lowest BCUT2D eigenvalue weighted by Gasteiger charge is -2.19. The molecular formula is C23H21FN2O2S. The Hall–Kier alpha value is -2.99. The number of para-hydroxylation sites is 1. The number of halogens is 1. The molecule has 0 aliphatic heterocycles. The number of amides is 1. The molecule has 0 spiro atoms. The van der Waals surface area contributed by atoms with Gasteiger partial charge in [0.25, 0.3) is 0 Å². The van der Waals surface area contributed by atoms with Crippen molar-refractivity contribution in [3.05, 3.63) is 83.6 Å². The summed E-state index contributed by atoms with van der Waals surface area (Å²) in [7, 11) is 0. The number of hydrogen-bond acceptors (Lipinski definition) is 4. The van der Waals surface area contributed by atoms with Gasteiger partial charge < -0.3 is 4.42 Å². The van der Waals surface area contributed by atoms with Crippen molar-refractivity contribution >= 4 is 32.6 Å². The van der Waals surface area contributed by atoms with E-state index in [9.17, 15) is 9.18 Å². The third-order valence-corrected chi connectivity index (χ3v) is 5.83. The Balaban J connectivity index is 1.64. The van der Waals surface area contributed by atoms with Crippen LogP contribution in [-0.2, 0) is 17.8 Å². The van der Waals surface area contributed by atoms with Gasteiger partial charge >= 0.3 is 0 Å². The minimum atomic E-state index is -0.389. The monoisotopic (exact) mass is 408 g/mol. The van der Waals surface area contributed by atoms with Crippen molar-refractivity contribution in [1.82, 2.24) is 4.98 Å². The molecule has 2 heterocycles. The van der Waals surface area contributed by atoms with Crippen LogP contribution in [0.3, 0.4) is 0 Å². The van der Waals surface area contributed by atoms with Gasteiger partial charge in [0.2, 0.25) is 5.91 Å². The number of aromatic nitrogens is 1. The first-order valence-corrected chi connectivity index (χ1v) is 10.3. The molecular weight excluding hydrogens is 387 g/mol. The topological polar surface area (TPSA) is 46.3 Å². The van der Waals surface area contributed by atoms with Gasteiger partial charge in [0.15, 0.2) is 5.13 Å². The first kappa shape index (κ1) is 19.3. The summed E-state index contributed by atoms with van der Waals surface area (Å²) in [5.41, 5.74) is 2.44. The highest BCUT2D eigenvalue weighted by atomic mass is 32.1. The fourth-order valence-electron chi connectivity index (χ4n) is 3.13. The third kappa shape index (κ3) is 4.22. The zero-order valence-electron chi connectivity index (χ0n) is 16.3. The van der Waals surface area contributed by atoms with Crippen LogP contribution in [0.5, 0.6) is 0 Å². The predicted octanol–water partition coefficient (Wildman–Crippen LogP) is 5.93. The van der Waals surface area contributed by atoms with Crippen LogP contribution < -0.4 is 4.90 Å². The van der Waals surface area contributed by atoms with Crippen LogP contribution in [0.15, 0.2) is 65.3 Å². The van der Waals surface area contributed by atoms with Gasteiger partial charge in [-0.15, -0.1) is 0 Å². The highest BCUT2D eigenvalue weighted by Gasteiger charge is 2.22. The quantitative estimate of drug-likeness (QED) is 0.397. The van der Waals surface area contributed by atoms with Gasteiger partial charge in [0, 0.05) is 0 Å². The Morgan fingerprint density at radius 1 is 1.14 bits per heavy atom. The summed E-state index contributed by atoms with van der Waals surface area (Å²) in [5.74, 6) is 0.582. The van der Waals surface area contributed by atoms with Crippen LogP contribution in [0.1, 0.15) is 36.7 Å². The van der Waals surface area contributed by atoms with Crippen LogP contribution >= 0.6 is 11.3 Å². The molecule has 0 aliphatic carbocycles. The molecule has 4 nitrogen and oxygen atoms in total. The molecule has 0 unspecified atom stereocenters. The molecule has 29 heavy (non-hydrogen) atoms. The summed E-state index contributed by atoms with van der Waals surface area (Å²) in [5, 5.41) is 0.463. The Morgan fingerprint density at radius 2 is 1.93 bits per heavy atom. The van der Waals surface area contributed by atoms with Gasteiger partial charge in [0.05, 0.1) is 23.9 Å². The number of hydrogen-bond donors (Lipinski definition) is 0. The maximum Gasteiger partial charge on any atom is 0.233 e. The minimum Gasteiger partial charge on any atom is -0.467 e. The number of fused-ring (bicyclic) bond motifs is 1. The van der Waals surface area contributed by atoms with Crippen molar-refractivity contribution in [2.24, 2.45) is 0 Å². The number of rotatable bonds is 6. The van der Waals surface area contributed by atoms with Gasteiger partial charge in [-0.2, -0.15) is 0 Å². The minimum absolute atomic E-state index is 0.113. The molecule has 0 fully saturated rings. The van der Waals surface area contributed by atoms with Crippen LogP contribution in [0, 0.1) is 5.82 Å². The van der Waals surface area contributed by atoms with Crippen LogP contribution in [0.4, 0.5) is 9.52 Å². The molecule has 0 radical (unpaired) electrons. The molecule has 0 aliphatic rings. The normalized spacial score (nSPS) is 11.3. The van der Waals surface area contributed by atoms with Gasteiger partial charge in [-0.1, -0.05) is 55.5 Å². The molecule has 2 aromatic carbocycles. The average molecular weight is 408 g/mol. The van der Waals surface area contributed by atoms with E-state index in [0.29, 0.717) is 21.5 Å². The average Bonchev–Trinajstić information content (AvgIpc) is 3.36. The van der Waals surface area contributed by atoms with Crippen molar-refractivity contribution in [2.75, 3.05) is 4.90 Å². The SMILES string of the molecule is CC(C)c1ccc(CC(=O)N(Cc2ccco2)c2nc3c(F)cccc3s2)cc1. The van der Waals surface area contributed by atoms with E-state index in [0.717, 1.165) is 5.56 Å². The lowest BCUT2D eigenvalue weighted by Crippen LogP contribution is -2.31. The number of carbonyl (C=O) groups excluding carboxylic acids is 1. The molecule has 4 aromatic rings. The molecule has 2 aromatic heterocycles. The number of nitrogens with zero attached hydrogens (tertiary/aromatic N) is 2. The summed E-state index contributed by atoms with van der Waals surface area (Å²) >= 11 is 1.30. The smallest absolute Gasteiger partial charge is 0.233 e. The van der Waals surface area contributed by atoms with Crippen molar-refractivity contribution in [3.8, 4) is 0 Å². The molecule has 1 amide bonds. The summed E-state index contributed by atoms with van der Waals surface area (Å²) in [6, 6.07) is 16.5. The molecule has 4 rings (SSSR count). The van der Waals surface area contributed by atoms with E-state index in [4.69, 9.17) is 4.42 Å². The molecule has 0 N–H and O–H groups in total. The first-order chi connectivity index (χ1) is 14.0. The second kappa shape index (κ2) is 8.17. The van der Waals surface area contributed by atoms with Gasteiger partial charge in [-0.05, 0) is 41.3 Å². The summed E-state index contributed by atoms with van der Waals surface area (Å²) in [6.45, 7) is 4.52. The van der Waals surface area contributed by atoms with E-state index >= 15 is 0 Å². The van der Waals surface area contributed by atoms with Crippen molar-refractivity contribution in [1.29, 1.82) is 0 Å². The van der Waals surface area contributed by atoms with Gasteiger partial charge in [-0.3, -0.25) is 9.69 Å². The Kier molecular flexibility index (Phi) is 5.45. The van der Waals surface area contributed by atoms with Crippen molar-refractivity contribution in [3.63, 3.8) is 0 Å². The number of furan rings is 1. The van der Waals surface area contributed by atoms with Crippen molar-refractivity contribution < 1.29 is 13.6 Å². The Labute approximate surface area is 172 Å². The molecule has 0 saturated carbocycles. The molecule has 6 heteroatoms. The highest BCUT2D eigenvalue weighted by molar-refractivity contribution is 7.22. The van der Waals surface area contributed by atoms with E-state index in [1.54, 1.807) is 29.4 Å². The molecule has 148 valence electrons. The molecule has 0 atom stereocenters. The van der Waals surface area contributed by atoms with E-state index in [1.165, 1.54) is 23.0 Å². The fourth-order valence-corrected chi connectivity index (χ4v) is 4.13. The lowest BCUT2D eigenvalue weighted by molar-refractivity contribution is -0.118. The Bertz CT molecular complexity index is 1120. The maximum absolute atomic E-state index is 14.1. The maximum atomic E-state index is 14.1. The molecule has 0 bridgehead atoms. The second-order valence-corrected chi connectivity index (χ2v) is 8.22. The predicted molar refractivity (Wildman–Crippen MR) is 114 cm³/mol. The molecule has 0 saturated heterocycles. The second-order valence-electron chi connectivity index (χ2n) is 7.22. The fraction of sp³-hybridized carbons (Fsp3) is 0.217. The lowest BCUT2D eigenvalue weighted by atomic mass is 10.0. The standard InChI is InChI=1S/C23H21FN2O2S/c1-15(2)17-10-8-16(9-11-17)13-21(27)26(14-18-5-4-12-28-18)23-25-22-19(24)6-3-7-20(22)29-23/h3-12,15H,13-14H2,1-2H3. The highest BCUT2D eigenvalue weighted by Crippen LogP contribution is 2.31. The number of carbonyl (C=O) groups is 1. The van der Waals surface area contributed by atoms with E-state index in [-0.39, 0.29) is 30.2 Å². The van der Waals surface area contributed by atoms with Gasteiger partial charge in [0.1, 0.15) is 17.1 Å². The van der Waals surface area contributed by atoms with Crippen LogP contribution in [-0.4, -0.2) is 10.9 Å².